The summed E-state index contributed by atoms with van der Waals surface area (Å²) < 4.78 is 15.7. The normalized spacial score (nSPS) is 19.8. The third kappa shape index (κ3) is 8.53. The molecule has 0 fully saturated rings. The second-order valence-electron chi connectivity index (χ2n) is 16.8. The van der Waals surface area contributed by atoms with Crippen LogP contribution in [0.25, 0.3) is 0 Å². The van der Waals surface area contributed by atoms with E-state index in [1.54, 1.807) is 20.8 Å². The molecule has 6 heterocycles. The van der Waals surface area contributed by atoms with Gasteiger partial charge in [0.15, 0.2) is 41.0 Å². The maximum absolute atomic E-state index is 12.1. The molecule has 3 amide bonds. The standard InChI is InChI=1S/2C13H13Cl2N3O2.C13H14ClN3O3/c2*1-6-8(14)12(19)18(10(6)15)11-7(5-16)9(20-17-11)13(2,3)4;1-6-8(14)12(19)17(11(6)18)10-7(5-15)9(20-16-10)13(2,3)4/h2*10H,1-4H3;11,18H,1-4H3. The number of aliphatic hydroxyl groups excluding tert-OH is 1. The number of amides is 3. The molecule has 0 spiro atoms. The zero-order valence-electron chi connectivity index (χ0n) is 34.5. The van der Waals surface area contributed by atoms with Crippen molar-refractivity contribution in [2.45, 2.75) is 117 Å². The van der Waals surface area contributed by atoms with Crippen LogP contribution in [0, 0.1) is 34.0 Å². The number of rotatable bonds is 3. The number of hydrogen-bond donors (Lipinski definition) is 1. The van der Waals surface area contributed by atoms with Crippen LogP contribution in [0.5, 0.6) is 0 Å². The second-order valence-corrected chi connectivity index (χ2v) is 18.7. The minimum Gasteiger partial charge on any atom is -0.369 e. The number of aliphatic hydroxyl groups is 1. The Morgan fingerprint density at radius 3 is 0.983 bits per heavy atom. The van der Waals surface area contributed by atoms with Gasteiger partial charge < -0.3 is 18.7 Å². The highest BCUT2D eigenvalue weighted by molar-refractivity contribution is 6.49. The van der Waals surface area contributed by atoms with Gasteiger partial charge in [-0.3, -0.25) is 29.1 Å². The number of halogens is 5. The summed E-state index contributed by atoms with van der Waals surface area (Å²) in [7, 11) is 0. The lowest BCUT2D eigenvalue weighted by atomic mass is 9.90. The van der Waals surface area contributed by atoms with E-state index in [0.29, 0.717) is 34.0 Å². The van der Waals surface area contributed by atoms with Crippen LogP contribution in [0.1, 0.15) is 117 Å². The Labute approximate surface area is 371 Å². The van der Waals surface area contributed by atoms with Crippen LogP contribution in [0.15, 0.2) is 45.4 Å². The molecule has 0 saturated heterocycles. The minimum atomic E-state index is -1.24. The van der Waals surface area contributed by atoms with Gasteiger partial charge in [0.25, 0.3) is 17.7 Å². The molecule has 3 atom stereocenters. The Morgan fingerprint density at radius 2 is 0.783 bits per heavy atom. The van der Waals surface area contributed by atoms with Gasteiger partial charge >= 0.3 is 0 Å². The molecule has 3 aliphatic heterocycles. The fourth-order valence-electron chi connectivity index (χ4n) is 5.84. The zero-order chi connectivity index (χ0) is 45.7. The van der Waals surface area contributed by atoms with Crippen LogP contribution < -0.4 is 14.7 Å². The Bertz CT molecular complexity index is 2220. The highest BCUT2D eigenvalue weighted by Gasteiger charge is 2.44. The zero-order valence-corrected chi connectivity index (χ0v) is 38.3. The summed E-state index contributed by atoms with van der Waals surface area (Å²) in [6.07, 6.45) is -1.24. The van der Waals surface area contributed by atoms with Gasteiger partial charge in [0.05, 0.1) is 0 Å². The van der Waals surface area contributed by atoms with Crippen molar-refractivity contribution in [3.63, 3.8) is 0 Å². The molecule has 3 unspecified atom stereocenters. The minimum absolute atomic E-state index is 0.00933. The Balaban J connectivity index is 0.000000198. The van der Waals surface area contributed by atoms with Crippen molar-refractivity contribution in [3.8, 4) is 18.2 Å². The fraction of sp³-hybridized carbons (Fsp3) is 0.462. The van der Waals surface area contributed by atoms with Crippen LogP contribution in [0.4, 0.5) is 17.5 Å². The highest BCUT2D eigenvalue weighted by Crippen LogP contribution is 2.41. The maximum Gasteiger partial charge on any atom is 0.273 e. The molecule has 3 aromatic heterocycles. The van der Waals surface area contributed by atoms with Crippen molar-refractivity contribution < 1.29 is 33.1 Å². The molecule has 3 aromatic rings. The maximum atomic E-state index is 12.1. The number of nitriles is 3. The van der Waals surface area contributed by atoms with E-state index in [1.807, 2.05) is 80.5 Å². The molecule has 16 nitrogen and oxygen atoms in total. The first-order valence-electron chi connectivity index (χ1n) is 17.9. The Hall–Kier alpha value is -4.86. The quantitative estimate of drug-likeness (QED) is 0.192. The van der Waals surface area contributed by atoms with E-state index in [1.165, 1.54) is 9.80 Å². The summed E-state index contributed by atoms with van der Waals surface area (Å²) >= 11 is 30.0. The number of anilines is 3. The van der Waals surface area contributed by atoms with Crippen LogP contribution in [0.2, 0.25) is 0 Å². The number of alkyl halides is 2. The second kappa shape index (κ2) is 17.3. The molecule has 0 aromatic carbocycles. The molecule has 0 aliphatic carbocycles. The molecule has 0 radical (unpaired) electrons. The summed E-state index contributed by atoms with van der Waals surface area (Å²) in [4.78, 5) is 39.6. The number of carbonyl (C=O) groups is 3. The monoisotopic (exact) mass is 921 g/mol. The van der Waals surface area contributed by atoms with E-state index >= 15 is 0 Å². The summed E-state index contributed by atoms with van der Waals surface area (Å²) in [6, 6.07) is 6.03. The molecular formula is C39H40Cl5N9O7. The van der Waals surface area contributed by atoms with Crippen molar-refractivity contribution in [1.82, 2.24) is 15.5 Å². The van der Waals surface area contributed by atoms with E-state index in [9.17, 15) is 35.3 Å². The molecule has 318 valence electrons. The van der Waals surface area contributed by atoms with Gasteiger partial charge in [0.2, 0.25) is 0 Å². The van der Waals surface area contributed by atoms with Gasteiger partial charge in [-0.05, 0) is 31.9 Å². The molecule has 60 heavy (non-hydrogen) atoms. The van der Waals surface area contributed by atoms with Gasteiger partial charge in [-0.2, -0.15) is 15.8 Å². The molecular weight excluding hydrogens is 884 g/mol. The predicted molar refractivity (Wildman–Crippen MR) is 223 cm³/mol. The first-order chi connectivity index (χ1) is 27.6. The van der Waals surface area contributed by atoms with Crippen molar-refractivity contribution in [2.75, 3.05) is 14.7 Å². The average molecular weight is 924 g/mol. The number of hydrogen-bond acceptors (Lipinski definition) is 13. The Morgan fingerprint density at radius 1 is 0.533 bits per heavy atom. The van der Waals surface area contributed by atoms with Gasteiger partial charge in [-0.15, -0.1) is 0 Å². The van der Waals surface area contributed by atoms with Gasteiger partial charge in [-0.25, -0.2) is 0 Å². The topological polar surface area (TPSA) is 231 Å². The van der Waals surface area contributed by atoms with Crippen LogP contribution in [-0.2, 0) is 30.6 Å². The fourth-order valence-corrected chi connectivity index (χ4v) is 7.11. The van der Waals surface area contributed by atoms with E-state index in [0.717, 1.165) is 4.90 Å². The molecule has 3 aliphatic rings. The van der Waals surface area contributed by atoms with Crippen molar-refractivity contribution in [1.29, 1.82) is 15.8 Å². The summed E-state index contributed by atoms with van der Waals surface area (Å²) in [5, 5.41) is 49.5. The van der Waals surface area contributed by atoms with Gasteiger partial charge in [-0.1, -0.05) is 136 Å². The molecule has 6 rings (SSSR count). The summed E-state index contributed by atoms with van der Waals surface area (Å²) in [5.74, 6) is -0.166. The van der Waals surface area contributed by atoms with Crippen molar-refractivity contribution >= 4 is 93.2 Å². The number of carbonyl (C=O) groups excluding carboxylic acids is 3. The summed E-state index contributed by atoms with van der Waals surface area (Å²) in [5.41, 5.74) is -0.877. The third-order valence-electron chi connectivity index (χ3n) is 9.14. The Kier molecular flexibility index (Phi) is 13.7. The van der Waals surface area contributed by atoms with E-state index in [2.05, 4.69) is 15.5 Å². The van der Waals surface area contributed by atoms with Crippen LogP contribution in [-0.4, -0.2) is 55.5 Å². The van der Waals surface area contributed by atoms with E-state index in [4.69, 9.17) is 71.6 Å². The highest BCUT2D eigenvalue weighted by atomic mass is 35.5. The third-order valence-corrected chi connectivity index (χ3v) is 11.6. The van der Waals surface area contributed by atoms with Gasteiger partial charge in [0.1, 0.15) is 61.0 Å². The van der Waals surface area contributed by atoms with E-state index < -0.39 is 51.2 Å². The van der Waals surface area contributed by atoms with Crippen molar-refractivity contribution in [3.05, 3.63) is 65.8 Å². The van der Waals surface area contributed by atoms with Crippen LogP contribution in [0.3, 0.4) is 0 Å². The molecule has 21 heteroatoms. The first-order valence-corrected chi connectivity index (χ1v) is 19.9. The lowest BCUT2D eigenvalue weighted by Gasteiger charge is -2.19. The lowest BCUT2D eigenvalue weighted by molar-refractivity contribution is -0.115. The number of aromatic nitrogens is 3. The smallest absolute Gasteiger partial charge is 0.273 e. The SMILES string of the molecule is CC1=C(Cl)C(=O)N(c2noc(C(C)(C)C)c2C#N)C1Cl.CC1=C(Cl)C(=O)N(c2noc(C(C)(C)C)c2C#N)C1Cl.CC1=C(Cl)C(=O)N(c2noc(C(C)(C)C)c2C#N)C1O. The molecule has 0 bridgehead atoms. The largest absolute Gasteiger partial charge is 0.369 e. The molecule has 1 N–H and O–H groups in total. The van der Waals surface area contributed by atoms with Gasteiger partial charge in [0, 0.05) is 21.8 Å². The van der Waals surface area contributed by atoms with E-state index in [-0.39, 0.29) is 49.2 Å². The van der Waals surface area contributed by atoms with Crippen LogP contribution >= 0.6 is 58.0 Å². The number of nitrogens with zero attached hydrogens (tertiary/aromatic N) is 9. The first kappa shape index (κ1) is 47.8. The average Bonchev–Trinajstić information content (AvgIpc) is 4.00. The predicted octanol–water partition coefficient (Wildman–Crippen LogP) is 8.56. The van der Waals surface area contributed by atoms with Crippen molar-refractivity contribution in [2.24, 2.45) is 0 Å². The lowest BCUT2D eigenvalue weighted by Crippen LogP contribution is -2.36. The molecule has 0 saturated carbocycles. The summed E-state index contributed by atoms with van der Waals surface area (Å²) in [6.45, 7) is 21.8.